The normalized spacial score (nSPS) is 22.5. The highest BCUT2D eigenvalue weighted by atomic mass is 16.5. The van der Waals surface area contributed by atoms with Crippen molar-refractivity contribution in [3.63, 3.8) is 0 Å². The van der Waals surface area contributed by atoms with Gasteiger partial charge in [-0.3, -0.25) is 0 Å². The molecule has 1 saturated heterocycles. The van der Waals surface area contributed by atoms with E-state index in [1.54, 1.807) is 0 Å². The van der Waals surface area contributed by atoms with Gasteiger partial charge >= 0.3 is 0 Å². The number of nitrogens with zero attached hydrogens (tertiary/aromatic N) is 3. The van der Waals surface area contributed by atoms with E-state index in [1.165, 1.54) is 24.1 Å². The van der Waals surface area contributed by atoms with Gasteiger partial charge in [-0.25, -0.2) is 9.67 Å². The number of pyridine rings is 1. The van der Waals surface area contributed by atoms with Crippen molar-refractivity contribution in [2.24, 2.45) is 0 Å². The number of nitrogens with one attached hydrogen (secondary N) is 1. The number of ether oxygens (including phenoxy) is 1. The maximum Gasteiger partial charge on any atom is 0.153 e. The molecule has 1 aliphatic carbocycles. The highest BCUT2D eigenvalue weighted by Crippen LogP contribution is 2.31. The summed E-state index contributed by atoms with van der Waals surface area (Å²) in [5.41, 5.74) is 2.66. The molecule has 22 heavy (non-hydrogen) atoms. The Hall–Kier alpha value is -1.72. The molecule has 2 aromatic rings. The first-order chi connectivity index (χ1) is 10.9. The predicted octanol–water partition coefficient (Wildman–Crippen LogP) is 2.41. The van der Waals surface area contributed by atoms with Crippen molar-refractivity contribution in [1.82, 2.24) is 20.1 Å². The Morgan fingerprint density at radius 2 is 2.09 bits per heavy atom. The molecule has 1 unspecified atom stereocenters. The Kier molecular flexibility index (Phi) is 3.91. The van der Waals surface area contributed by atoms with E-state index in [9.17, 15) is 0 Å². The van der Waals surface area contributed by atoms with Gasteiger partial charge in [-0.15, -0.1) is 0 Å². The zero-order valence-corrected chi connectivity index (χ0v) is 12.7. The zero-order chi connectivity index (χ0) is 14.8. The fourth-order valence-electron chi connectivity index (χ4n) is 3.56. The summed E-state index contributed by atoms with van der Waals surface area (Å²) in [6.07, 6.45) is 9.55. The largest absolute Gasteiger partial charge is 0.381 e. The number of rotatable bonds is 3. The molecule has 0 radical (unpaired) electrons. The fraction of sp³-hybridized carbons (Fsp3) is 0.529. The first-order valence-corrected chi connectivity index (χ1v) is 8.24. The minimum Gasteiger partial charge on any atom is -0.381 e. The molecule has 2 aliphatic rings. The first kappa shape index (κ1) is 13.9. The van der Waals surface area contributed by atoms with Crippen LogP contribution in [-0.2, 0) is 11.2 Å². The minimum atomic E-state index is 0.421. The van der Waals surface area contributed by atoms with Gasteiger partial charge in [0.1, 0.15) is 0 Å². The van der Waals surface area contributed by atoms with Crippen LogP contribution < -0.4 is 5.32 Å². The SMILES string of the molecule is c1ccc(-n2ncc3c2CCCC3NC2CCOCC2)nc1. The van der Waals surface area contributed by atoms with Gasteiger partial charge in [0, 0.05) is 37.1 Å². The molecule has 1 fully saturated rings. The van der Waals surface area contributed by atoms with Crippen molar-refractivity contribution in [2.45, 2.75) is 44.2 Å². The van der Waals surface area contributed by atoms with Crippen LogP contribution in [0.4, 0.5) is 0 Å². The Bertz CT molecular complexity index is 619. The summed E-state index contributed by atoms with van der Waals surface area (Å²) >= 11 is 0. The van der Waals surface area contributed by atoms with Crippen molar-refractivity contribution < 1.29 is 4.74 Å². The summed E-state index contributed by atoms with van der Waals surface area (Å²) in [5.74, 6) is 0.912. The third-order valence-electron chi connectivity index (χ3n) is 4.71. The van der Waals surface area contributed by atoms with E-state index in [0.29, 0.717) is 12.1 Å². The lowest BCUT2D eigenvalue weighted by Crippen LogP contribution is -2.38. The minimum absolute atomic E-state index is 0.421. The predicted molar refractivity (Wildman–Crippen MR) is 84.0 cm³/mol. The molecular formula is C17H22N4O. The van der Waals surface area contributed by atoms with Gasteiger partial charge in [-0.05, 0) is 44.2 Å². The lowest BCUT2D eigenvalue weighted by atomic mass is 9.91. The molecule has 5 heteroatoms. The monoisotopic (exact) mass is 298 g/mol. The number of hydrogen-bond donors (Lipinski definition) is 1. The third-order valence-corrected chi connectivity index (χ3v) is 4.71. The van der Waals surface area contributed by atoms with Crippen LogP contribution >= 0.6 is 0 Å². The number of hydrogen-bond acceptors (Lipinski definition) is 4. The third kappa shape index (κ3) is 2.66. The van der Waals surface area contributed by atoms with Crippen LogP contribution in [0.2, 0.25) is 0 Å². The molecule has 2 aromatic heterocycles. The maximum atomic E-state index is 5.46. The van der Waals surface area contributed by atoms with Crippen LogP contribution in [0.5, 0.6) is 0 Å². The van der Waals surface area contributed by atoms with E-state index in [4.69, 9.17) is 4.74 Å². The summed E-state index contributed by atoms with van der Waals surface area (Å²) in [6.45, 7) is 1.76. The smallest absolute Gasteiger partial charge is 0.153 e. The van der Waals surface area contributed by atoms with Gasteiger partial charge in [0.15, 0.2) is 5.82 Å². The first-order valence-electron chi connectivity index (χ1n) is 8.24. The Balaban J connectivity index is 1.58. The van der Waals surface area contributed by atoms with Gasteiger partial charge in [0.25, 0.3) is 0 Å². The molecule has 116 valence electrons. The lowest BCUT2D eigenvalue weighted by Gasteiger charge is -2.31. The molecular weight excluding hydrogens is 276 g/mol. The fourth-order valence-corrected chi connectivity index (χ4v) is 3.56. The van der Waals surface area contributed by atoms with E-state index in [-0.39, 0.29) is 0 Å². The molecule has 1 aliphatic heterocycles. The lowest BCUT2D eigenvalue weighted by molar-refractivity contribution is 0.0741. The van der Waals surface area contributed by atoms with E-state index >= 15 is 0 Å². The zero-order valence-electron chi connectivity index (χ0n) is 12.7. The van der Waals surface area contributed by atoms with Crippen LogP contribution in [0, 0.1) is 0 Å². The summed E-state index contributed by atoms with van der Waals surface area (Å²) in [7, 11) is 0. The van der Waals surface area contributed by atoms with Crippen LogP contribution in [0.15, 0.2) is 30.6 Å². The Morgan fingerprint density at radius 1 is 1.18 bits per heavy atom. The van der Waals surface area contributed by atoms with Crippen molar-refractivity contribution in [1.29, 1.82) is 0 Å². The van der Waals surface area contributed by atoms with E-state index < -0.39 is 0 Å². The molecule has 1 atom stereocenters. The van der Waals surface area contributed by atoms with Crippen LogP contribution in [0.25, 0.3) is 5.82 Å². The van der Waals surface area contributed by atoms with Crippen molar-refractivity contribution in [3.8, 4) is 5.82 Å². The summed E-state index contributed by atoms with van der Waals surface area (Å²) in [6, 6.07) is 6.96. The van der Waals surface area contributed by atoms with Crippen molar-refractivity contribution in [2.75, 3.05) is 13.2 Å². The van der Waals surface area contributed by atoms with Crippen LogP contribution in [0.3, 0.4) is 0 Å². The standard InChI is InChI=1S/C17H22N4O/c1-2-9-18-17(6-1)21-16-5-3-4-15(14(16)12-19-21)20-13-7-10-22-11-8-13/h1-2,6,9,12-13,15,20H,3-5,7-8,10-11H2. The highest BCUT2D eigenvalue weighted by Gasteiger charge is 2.27. The molecule has 1 N–H and O–H groups in total. The van der Waals surface area contributed by atoms with Crippen LogP contribution in [0.1, 0.15) is 43.0 Å². The number of fused-ring (bicyclic) bond motifs is 1. The second kappa shape index (κ2) is 6.18. The average Bonchev–Trinajstić information content (AvgIpc) is 3.02. The molecule has 0 spiro atoms. The second-order valence-electron chi connectivity index (χ2n) is 6.14. The second-order valence-corrected chi connectivity index (χ2v) is 6.14. The molecule has 0 saturated carbocycles. The summed E-state index contributed by atoms with van der Waals surface area (Å²) in [5, 5.41) is 8.43. The van der Waals surface area contributed by atoms with E-state index in [1.807, 2.05) is 35.3 Å². The molecule has 0 aromatic carbocycles. The van der Waals surface area contributed by atoms with Gasteiger partial charge < -0.3 is 10.1 Å². The summed E-state index contributed by atoms with van der Waals surface area (Å²) in [4.78, 5) is 4.43. The molecule has 0 amide bonds. The quantitative estimate of drug-likeness (QED) is 0.945. The Morgan fingerprint density at radius 3 is 2.91 bits per heavy atom. The van der Waals surface area contributed by atoms with E-state index in [0.717, 1.165) is 38.3 Å². The van der Waals surface area contributed by atoms with Crippen molar-refractivity contribution >= 4 is 0 Å². The number of aromatic nitrogens is 3. The molecule has 4 rings (SSSR count). The van der Waals surface area contributed by atoms with Gasteiger partial charge in [0.2, 0.25) is 0 Å². The molecule has 5 nitrogen and oxygen atoms in total. The van der Waals surface area contributed by atoms with Crippen molar-refractivity contribution in [3.05, 3.63) is 41.9 Å². The van der Waals surface area contributed by atoms with Crippen LogP contribution in [-0.4, -0.2) is 34.0 Å². The topological polar surface area (TPSA) is 52.0 Å². The Labute approximate surface area is 130 Å². The highest BCUT2D eigenvalue weighted by molar-refractivity contribution is 5.32. The van der Waals surface area contributed by atoms with Gasteiger partial charge in [-0.2, -0.15) is 5.10 Å². The average molecular weight is 298 g/mol. The van der Waals surface area contributed by atoms with Gasteiger partial charge in [0.05, 0.1) is 11.9 Å². The summed E-state index contributed by atoms with van der Waals surface area (Å²) < 4.78 is 7.46. The van der Waals surface area contributed by atoms with Gasteiger partial charge in [-0.1, -0.05) is 6.07 Å². The maximum absolute atomic E-state index is 5.46. The molecule has 3 heterocycles. The molecule has 0 bridgehead atoms. The van der Waals surface area contributed by atoms with E-state index in [2.05, 4.69) is 15.4 Å².